The summed E-state index contributed by atoms with van der Waals surface area (Å²) in [4.78, 5) is 0. The SMILES string of the molecule is CCCC1CCC(N[C@H](C)CCO)CC1. The van der Waals surface area contributed by atoms with Crippen LogP contribution < -0.4 is 5.32 Å². The number of hydrogen-bond acceptors (Lipinski definition) is 2. The van der Waals surface area contributed by atoms with Crippen molar-refractivity contribution < 1.29 is 5.11 Å². The molecule has 0 aromatic heterocycles. The Hall–Kier alpha value is -0.0800. The zero-order valence-corrected chi connectivity index (χ0v) is 10.3. The van der Waals surface area contributed by atoms with Crippen molar-refractivity contribution in [2.24, 2.45) is 5.92 Å². The first kappa shape index (κ1) is 13.0. The van der Waals surface area contributed by atoms with Crippen LogP contribution in [-0.2, 0) is 0 Å². The van der Waals surface area contributed by atoms with Crippen LogP contribution in [0.2, 0.25) is 0 Å². The molecule has 0 spiro atoms. The lowest BCUT2D eigenvalue weighted by molar-refractivity contribution is 0.235. The van der Waals surface area contributed by atoms with E-state index in [9.17, 15) is 0 Å². The maximum Gasteiger partial charge on any atom is 0.0445 e. The van der Waals surface area contributed by atoms with Crippen LogP contribution in [-0.4, -0.2) is 23.8 Å². The average molecular weight is 213 g/mol. The van der Waals surface area contributed by atoms with E-state index in [4.69, 9.17) is 5.11 Å². The lowest BCUT2D eigenvalue weighted by Crippen LogP contribution is -2.39. The minimum Gasteiger partial charge on any atom is -0.396 e. The Morgan fingerprint density at radius 1 is 1.27 bits per heavy atom. The number of hydrogen-bond donors (Lipinski definition) is 2. The standard InChI is InChI=1S/C13H27NO/c1-3-4-12-5-7-13(8-6-12)14-11(2)9-10-15/h11-15H,3-10H2,1-2H3/t11-,12?,13?/m1/s1. The molecule has 1 aliphatic carbocycles. The van der Waals surface area contributed by atoms with Gasteiger partial charge in [0, 0.05) is 18.7 Å². The van der Waals surface area contributed by atoms with Crippen LogP contribution in [0.1, 0.15) is 58.8 Å². The minimum atomic E-state index is 0.305. The zero-order chi connectivity index (χ0) is 11.1. The second kappa shape index (κ2) is 7.24. The molecule has 0 bridgehead atoms. The van der Waals surface area contributed by atoms with Gasteiger partial charge in [0.25, 0.3) is 0 Å². The van der Waals surface area contributed by atoms with Crippen molar-refractivity contribution in [2.45, 2.75) is 70.9 Å². The summed E-state index contributed by atoms with van der Waals surface area (Å²) < 4.78 is 0. The number of aliphatic hydroxyl groups excluding tert-OH is 1. The van der Waals surface area contributed by atoms with Crippen molar-refractivity contribution in [2.75, 3.05) is 6.61 Å². The topological polar surface area (TPSA) is 32.3 Å². The van der Waals surface area contributed by atoms with E-state index < -0.39 is 0 Å². The van der Waals surface area contributed by atoms with Crippen molar-refractivity contribution in [1.29, 1.82) is 0 Å². The lowest BCUT2D eigenvalue weighted by Gasteiger charge is -2.31. The maximum absolute atomic E-state index is 8.84. The first-order valence-corrected chi connectivity index (χ1v) is 6.63. The van der Waals surface area contributed by atoms with E-state index in [1.807, 2.05) is 0 Å². The van der Waals surface area contributed by atoms with E-state index in [0.29, 0.717) is 18.7 Å². The molecule has 0 aromatic carbocycles. The van der Waals surface area contributed by atoms with Crippen molar-refractivity contribution in [3.8, 4) is 0 Å². The first-order chi connectivity index (χ1) is 7.26. The molecule has 1 rings (SSSR count). The van der Waals surface area contributed by atoms with E-state index >= 15 is 0 Å². The molecular weight excluding hydrogens is 186 g/mol. The first-order valence-electron chi connectivity index (χ1n) is 6.63. The Morgan fingerprint density at radius 2 is 1.93 bits per heavy atom. The minimum absolute atomic E-state index is 0.305. The number of nitrogens with one attached hydrogen (secondary N) is 1. The highest BCUT2D eigenvalue weighted by Gasteiger charge is 2.21. The summed E-state index contributed by atoms with van der Waals surface area (Å²) in [6.45, 7) is 4.77. The van der Waals surface area contributed by atoms with E-state index in [2.05, 4.69) is 19.2 Å². The van der Waals surface area contributed by atoms with Gasteiger partial charge >= 0.3 is 0 Å². The van der Waals surface area contributed by atoms with Crippen LogP contribution in [0.25, 0.3) is 0 Å². The molecular formula is C13H27NO. The van der Waals surface area contributed by atoms with Crippen molar-refractivity contribution >= 4 is 0 Å². The molecule has 1 saturated carbocycles. The largest absolute Gasteiger partial charge is 0.396 e. The summed E-state index contributed by atoms with van der Waals surface area (Å²) in [6, 6.07) is 1.18. The smallest absolute Gasteiger partial charge is 0.0445 e. The summed E-state index contributed by atoms with van der Waals surface area (Å²) in [5.74, 6) is 0.987. The van der Waals surface area contributed by atoms with Gasteiger partial charge in [0.1, 0.15) is 0 Å². The molecule has 1 fully saturated rings. The highest BCUT2D eigenvalue weighted by atomic mass is 16.3. The van der Waals surface area contributed by atoms with Crippen LogP contribution in [0.4, 0.5) is 0 Å². The van der Waals surface area contributed by atoms with Gasteiger partial charge in [0.05, 0.1) is 0 Å². The summed E-state index contributed by atoms with van der Waals surface area (Å²) >= 11 is 0. The average Bonchev–Trinajstić information content (AvgIpc) is 2.22. The van der Waals surface area contributed by atoms with Crippen LogP contribution in [0.5, 0.6) is 0 Å². The molecule has 0 aliphatic heterocycles. The molecule has 1 aliphatic rings. The fourth-order valence-electron chi connectivity index (χ4n) is 2.71. The Bertz CT molecular complexity index is 153. The summed E-state index contributed by atoms with van der Waals surface area (Å²) in [6.07, 6.45) is 9.10. The van der Waals surface area contributed by atoms with Gasteiger partial charge in [-0.15, -0.1) is 0 Å². The zero-order valence-electron chi connectivity index (χ0n) is 10.3. The molecule has 0 radical (unpaired) electrons. The fourth-order valence-corrected chi connectivity index (χ4v) is 2.71. The van der Waals surface area contributed by atoms with E-state index in [1.54, 1.807) is 0 Å². The molecule has 0 unspecified atom stereocenters. The molecule has 2 heteroatoms. The van der Waals surface area contributed by atoms with E-state index in [0.717, 1.165) is 12.3 Å². The van der Waals surface area contributed by atoms with Crippen molar-refractivity contribution in [1.82, 2.24) is 5.32 Å². The predicted molar refractivity (Wildman–Crippen MR) is 65.0 cm³/mol. The van der Waals surface area contributed by atoms with Crippen LogP contribution >= 0.6 is 0 Å². The highest BCUT2D eigenvalue weighted by molar-refractivity contribution is 4.79. The molecule has 1 atom stereocenters. The molecule has 2 nitrogen and oxygen atoms in total. The van der Waals surface area contributed by atoms with Crippen molar-refractivity contribution in [3.05, 3.63) is 0 Å². The van der Waals surface area contributed by atoms with Crippen molar-refractivity contribution in [3.63, 3.8) is 0 Å². The second-order valence-electron chi connectivity index (χ2n) is 5.09. The molecule has 0 saturated heterocycles. The maximum atomic E-state index is 8.84. The van der Waals surface area contributed by atoms with Crippen LogP contribution in [0.3, 0.4) is 0 Å². The summed E-state index contributed by atoms with van der Waals surface area (Å²) in [5.41, 5.74) is 0. The summed E-state index contributed by atoms with van der Waals surface area (Å²) in [7, 11) is 0. The second-order valence-corrected chi connectivity index (χ2v) is 5.09. The van der Waals surface area contributed by atoms with Gasteiger partial charge in [-0.2, -0.15) is 0 Å². The van der Waals surface area contributed by atoms with Gasteiger partial charge in [0.2, 0.25) is 0 Å². The van der Waals surface area contributed by atoms with E-state index in [-0.39, 0.29) is 0 Å². The van der Waals surface area contributed by atoms with Crippen LogP contribution in [0.15, 0.2) is 0 Å². The normalized spacial score (nSPS) is 29.0. The Balaban J connectivity index is 2.14. The van der Waals surface area contributed by atoms with Crippen LogP contribution in [0, 0.1) is 5.92 Å². The molecule has 2 N–H and O–H groups in total. The van der Waals surface area contributed by atoms with Gasteiger partial charge in [-0.25, -0.2) is 0 Å². The monoisotopic (exact) mass is 213 g/mol. The number of rotatable bonds is 6. The van der Waals surface area contributed by atoms with Gasteiger partial charge in [-0.1, -0.05) is 19.8 Å². The quantitative estimate of drug-likeness (QED) is 0.711. The van der Waals surface area contributed by atoms with Gasteiger partial charge in [-0.05, 0) is 44.9 Å². The third-order valence-corrected chi connectivity index (χ3v) is 3.63. The molecule has 0 heterocycles. The Labute approximate surface area is 94.5 Å². The Morgan fingerprint density at radius 3 is 2.47 bits per heavy atom. The highest BCUT2D eigenvalue weighted by Crippen LogP contribution is 2.27. The Kier molecular flexibility index (Phi) is 6.26. The molecule has 15 heavy (non-hydrogen) atoms. The third-order valence-electron chi connectivity index (χ3n) is 3.63. The molecule has 0 amide bonds. The van der Waals surface area contributed by atoms with Gasteiger partial charge in [-0.3, -0.25) is 0 Å². The fraction of sp³-hybridized carbons (Fsp3) is 1.00. The third kappa shape index (κ3) is 4.98. The summed E-state index contributed by atoms with van der Waals surface area (Å²) in [5, 5.41) is 12.5. The van der Waals surface area contributed by atoms with E-state index in [1.165, 1.54) is 38.5 Å². The predicted octanol–water partition coefficient (Wildman–Crippen LogP) is 2.71. The number of aliphatic hydroxyl groups is 1. The molecule has 90 valence electrons. The lowest BCUT2D eigenvalue weighted by atomic mass is 9.83. The molecule has 0 aromatic rings. The van der Waals surface area contributed by atoms with Gasteiger partial charge < -0.3 is 10.4 Å². The van der Waals surface area contributed by atoms with Gasteiger partial charge in [0.15, 0.2) is 0 Å².